The van der Waals surface area contributed by atoms with Crippen LogP contribution in [0.25, 0.3) is 0 Å². The zero-order valence-electron chi connectivity index (χ0n) is 33.1. The van der Waals surface area contributed by atoms with Crippen LogP contribution in [0, 0.1) is 17.2 Å². The Morgan fingerprint density at radius 2 is 1.40 bits per heavy atom. The summed E-state index contributed by atoms with van der Waals surface area (Å²) < 4.78 is 6.37. The molecule has 0 saturated carbocycles. The summed E-state index contributed by atoms with van der Waals surface area (Å²) in [5.41, 5.74) is 1.01. The molecule has 0 radical (unpaired) electrons. The number of aldehydes is 1. The highest BCUT2D eigenvalue weighted by Crippen LogP contribution is 2.45. The number of nitrogens with zero attached hydrogens (tertiary/aromatic N) is 2. The van der Waals surface area contributed by atoms with E-state index in [9.17, 15) is 9.59 Å². The van der Waals surface area contributed by atoms with E-state index in [1.807, 2.05) is 18.2 Å². The van der Waals surface area contributed by atoms with E-state index in [-0.39, 0.29) is 58.1 Å². The average Bonchev–Trinajstić information content (AvgIpc) is 3.07. The highest BCUT2D eigenvalue weighted by molar-refractivity contribution is 6.01. The second kappa shape index (κ2) is 15.5. The molecule has 2 aromatic rings. The molecule has 5 rings (SSSR count). The van der Waals surface area contributed by atoms with Gasteiger partial charge in [-0.15, -0.1) is 0 Å². The SMILES string of the molecule is CC(ON1C(C)(C)CC(CC(=O)c2cc(C=O)cc(C(=N)OC3CC(C)(C)N(OC(C)C4C=CC=CC4)C(C)(C)C3)c2)CC1(C)C)c1ccccc1. The summed E-state index contributed by atoms with van der Waals surface area (Å²) in [6, 6.07) is 15.2. The van der Waals surface area contributed by atoms with Gasteiger partial charge in [0.25, 0.3) is 0 Å². The van der Waals surface area contributed by atoms with E-state index in [1.165, 1.54) is 0 Å². The fourth-order valence-electron chi connectivity index (χ4n) is 9.20. The number of carbonyl (C=O) groups is 2. The van der Waals surface area contributed by atoms with Gasteiger partial charge in [-0.3, -0.25) is 24.7 Å². The van der Waals surface area contributed by atoms with Crippen LogP contribution < -0.4 is 0 Å². The van der Waals surface area contributed by atoms with Crippen molar-refractivity contribution < 1.29 is 24.0 Å². The van der Waals surface area contributed by atoms with E-state index in [1.54, 1.807) is 18.2 Å². The Labute approximate surface area is 312 Å². The minimum absolute atomic E-state index is 0.0129. The molecule has 8 nitrogen and oxygen atoms in total. The van der Waals surface area contributed by atoms with Crippen LogP contribution in [-0.2, 0) is 14.4 Å². The minimum atomic E-state index is -0.358. The fraction of sp³-hybridized carbons (Fsp3) is 0.568. The average molecular weight is 712 g/mol. The number of hydrogen-bond donors (Lipinski definition) is 1. The molecule has 0 aromatic heterocycles. The quantitative estimate of drug-likeness (QED) is 0.101. The lowest BCUT2D eigenvalue weighted by Crippen LogP contribution is -2.63. The van der Waals surface area contributed by atoms with Crippen molar-refractivity contribution in [3.8, 4) is 0 Å². The molecule has 2 aromatic carbocycles. The van der Waals surface area contributed by atoms with Gasteiger partial charge >= 0.3 is 0 Å². The third-order valence-electron chi connectivity index (χ3n) is 11.1. The molecule has 3 aliphatic rings. The number of carbonyl (C=O) groups excluding carboxylic acids is 2. The van der Waals surface area contributed by atoms with E-state index >= 15 is 0 Å². The normalized spacial score (nSPS) is 24.2. The Bertz CT molecular complexity index is 1620. The Balaban J connectivity index is 1.25. The lowest BCUT2D eigenvalue weighted by atomic mass is 9.73. The largest absolute Gasteiger partial charge is 0.474 e. The van der Waals surface area contributed by atoms with Crippen molar-refractivity contribution in [1.82, 2.24) is 10.1 Å². The fourth-order valence-corrected chi connectivity index (χ4v) is 9.20. The van der Waals surface area contributed by atoms with Crippen LogP contribution in [0.2, 0.25) is 0 Å². The number of Topliss-reactive ketones (excluding diaryl/α,β-unsaturated/α-hetero) is 1. The van der Waals surface area contributed by atoms with Gasteiger partial charge in [-0.25, -0.2) is 0 Å². The highest BCUT2D eigenvalue weighted by Gasteiger charge is 2.49. The number of hydroxylamine groups is 4. The van der Waals surface area contributed by atoms with Crippen LogP contribution in [-0.4, -0.2) is 62.5 Å². The molecule has 3 unspecified atom stereocenters. The van der Waals surface area contributed by atoms with Crippen molar-refractivity contribution in [2.45, 2.75) is 148 Å². The van der Waals surface area contributed by atoms with Gasteiger partial charge in [0, 0.05) is 64.0 Å². The van der Waals surface area contributed by atoms with Gasteiger partial charge in [0.1, 0.15) is 18.5 Å². The van der Waals surface area contributed by atoms with Gasteiger partial charge in [-0.05, 0) is 118 Å². The van der Waals surface area contributed by atoms with Crippen LogP contribution >= 0.6 is 0 Å². The Morgan fingerprint density at radius 1 is 0.827 bits per heavy atom. The number of benzene rings is 2. The van der Waals surface area contributed by atoms with Gasteiger partial charge in [-0.2, -0.15) is 10.1 Å². The van der Waals surface area contributed by atoms with Crippen LogP contribution in [0.5, 0.6) is 0 Å². The third-order valence-corrected chi connectivity index (χ3v) is 11.1. The lowest BCUT2D eigenvalue weighted by Gasteiger charge is -2.54. The smallest absolute Gasteiger partial charge is 0.213 e. The standard InChI is InChI=1S/C44H61N3O5/c1-30(34-17-13-11-14-18-34)51-46-41(3,4)25-33(26-42(46,5)6)23-39(49)36-21-32(29-48)22-37(24-36)40(45)50-38-27-43(7,8)47(44(9,10)28-38)52-31(2)35-19-15-12-16-20-35/h11-19,21-22,24,29-31,33,35,38,45H,20,23,25-28H2,1-10H3. The number of piperidine rings is 2. The van der Waals surface area contributed by atoms with Gasteiger partial charge < -0.3 is 4.74 Å². The maximum absolute atomic E-state index is 13.9. The van der Waals surface area contributed by atoms with Crippen molar-refractivity contribution in [2.24, 2.45) is 11.8 Å². The Hall–Kier alpha value is -3.43. The third kappa shape index (κ3) is 9.19. The molecule has 2 aliphatic heterocycles. The highest BCUT2D eigenvalue weighted by atomic mass is 16.7. The number of allylic oxidation sites excluding steroid dienone is 3. The Kier molecular flexibility index (Phi) is 11.9. The molecule has 0 bridgehead atoms. The van der Waals surface area contributed by atoms with E-state index in [4.69, 9.17) is 19.8 Å². The molecule has 52 heavy (non-hydrogen) atoms. The molecular formula is C44H61N3O5. The maximum Gasteiger partial charge on any atom is 0.213 e. The van der Waals surface area contributed by atoms with Gasteiger partial charge in [0.2, 0.25) is 5.90 Å². The first-order valence-corrected chi connectivity index (χ1v) is 19.0. The summed E-state index contributed by atoms with van der Waals surface area (Å²) in [5, 5.41) is 13.3. The molecule has 2 saturated heterocycles. The van der Waals surface area contributed by atoms with Crippen molar-refractivity contribution in [1.29, 1.82) is 5.41 Å². The molecule has 2 heterocycles. The van der Waals surface area contributed by atoms with E-state index in [2.05, 4.69) is 116 Å². The van der Waals surface area contributed by atoms with Gasteiger partial charge in [0.15, 0.2) is 5.78 Å². The molecule has 1 aliphatic carbocycles. The summed E-state index contributed by atoms with van der Waals surface area (Å²) in [4.78, 5) is 39.3. The monoisotopic (exact) mass is 711 g/mol. The van der Waals surface area contributed by atoms with E-state index in [0.29, 0.717) is 41.9 Å². The number of hydrogen-bond acceptors (Lipinski definition) is 8. The molecule has 0 amide bonds. The lowest BCUT2D eigenvalue weighted by molar-refractivity contribution is -0.315. The number of ketones is 1. The van der Waals surface area contributed by atoms with Gasteiger partial charge in [0.05, 0.1) is 6.10 Å². The van der Waals surface area contributed by atoms with Crippen molar-refractivity contribution in [3.63, 3.8) is 0 Å². The molecule has 1 N–H and O–H groups in total. The zero-order chi connectivity index (χ0) is 38.1. The molecule has 0 spiro atoms. The van der Waals surface area contributed by atoms with E-state index in [0.717, 1.165) is 31.1 Å². The summed E-state index contributed by atoms with van der Waals surface area (Å²) in [6.07, 6.45) is 13.1. The van der Waals surface area contributed by atoms with Crippen molar-refractivity contribution >= 4 is 18.0 Å². The van der Waals surface area contributed by atoms with Crippen molar-refractivity contribution in [3.05, 3.63) is 95.1 Å². The topological polar surface area (TPSA) is 92.2 Å². The first-order valence-electron chi connectivity index (χ1n) is 19.0. The van der Waals surface area contributed by atoms with Gasteiger partial charge in [-0.1, -0.05) is 54.6 Å². The zero-order valence-corrected chi connectivity index (χ0v) is 33.1. The molecule has 2 fully saturated rings. The summed E-state index contributed by atoms with van der Waals surface area (Å²) in [7, 11) is 0. The summed E-state index contributed by atoms with van der Waals surface area (Å²) in [5.74, 6) is 0.367. The first kappa shape index (κ1) is 39.8. The molecular weight excluding hydrogens is 650 g/mol. The molecule has 282 valence electrons. The summed E-state index contributed by atoms with van der Waals surface area (Å²) >= 11 is 0. The second-order valence-electron chi connectivity index (χ2n) is 17.9. The number of nitrogens with one attached hydrogen (secondary N) is 1. The van der Waals surface area contributed by atoms with Crippen LogP contribution in [0.3, 0.4) is 0 Å². The Morgan fingerprint density at radius 3 is 1.98 bits per heavy atom. The van der Waals surface area contributed by atoms with Crippen LogP contribution in [0.4, 0.5) is 0 Å². The first-order chi connectivity index (χ1) is 24.3. The summed E-state index contributed by atoms with van der Waals surface area (Å²) in [6.45, 7) is 21.5. The number of ether oxygens (including phenoxy) is 1. The predicted molar refractivity (Wildman–Crippen MR) is 207 cm³/mol. The van der Waals surface area contributed by atoms with Crippen LogP contribution in [0.15, 0.2) is 72.8 Å². The second-order valence-corrected chi connectivity index (χ2v) is 17.9. The predicted octanol–water partition coefficient (Wildman–Crippen LogP) is 9.85. The maximum atomic E-state index is 13.9. The van der Waals surface area contributed by atoms with Crippen LogP contribution in [0.1, 0.15) is 146 Å². The minimum Gasteiger partial charge on any atom is -0.474 e. The molecule has 8 heteroatoms. The molecule has 3 atom stereocenters. The number of rotatable bonds is 12. The van der Waals surface area contributed by atoms with E-state index < -0.39 is 0 Å². The van der Waals surface area contributed by atoms with Crippen molar-refractivity contribution in [2.75, 3.05) is 0 Å².